The van der Waals surface area contributed by atoms with Gasteiger partial charge in [-0.1, -0.05) is 13.8 Å². The topological polar surface area (TPSA) is 90.9 Å². The average molecular weight is 430 g/mol. The number of allylic oxidation sites excluding steroid dienone is 2. The minimum Gasteiger partial charge on any atom is -0.493 e. The second-order valence-corrected chi connectivity index (χ2v) is 7.45. The SMILES string of the molecule is CCCC(=O)c1ccc(OCCCOC(=O)C2=C(C)NC(C)=C(C(=O)OC)C2C)cc1. The van der Waals surface area contributed by atoms with E-state index >= 15 is 0 Å². The molecule has 1 unspecified atom stereocenters. The van der Waals surface area contributed by atoms with E-state index in [1.54, 1.807) is 45.0 Å². The first-order valence-electron chi connectivity index (χ1n) is 10.5. The Morgan fingerprint density at radius 3 is 2.16 bits per heavy atom. The van der Waals surface area contributed by atoms with Crippen molar-refractivity contribution in [2.24, 2.45) is 5.92 Å². The Hall–Kier alpha value is -3.09. The van der Waals surface area contributed by atoms with Gasteiger partial charge in [-0.15, -0.1) is 0 Å². The van der Waals surface area contributed by atoms with Crippen molar-refractivity contribution in [2.45, 2.75) is 47.0 Å². The zero-order valence-corrected chi connectivity index (χ0v) is 18.9. The zero-order chi connectivity index (χ0) is 23.0. The minimum absolute atomic E-state index is 0.123. The molecule has 1 aliphatic heterocycles. The van der Waals surface area contributed by atoms with E-state index in [-0.39, 0.29) is 12.4 Å². The molecule has 1 aliphatic rings. The number of hydrogen-bond acceptors (Lipinski definition) is 7. The number of esters is 2. The second-order valence-electron chi connectivity index (χ2n) is 7.45. The number of hydrogen-bond donors (Lipinski definition) is 1. The highest BCUT2D eigenvalue weighted by molar-refractivity contribution is 5.97. The van der Waals surface area contributed by atoms with Gasteiger partial charge in [-0.25, -0.2) is 9.59 Å². The van der Waals surface area contributed by atoms with Crippen LogP contribution in [-0.4, -0.2) is 38.0 Å². The molecule has 31 heavy (non-hydrogen) atoms. The van der Waals surface area contributed by atoms with Gasteiger partial charge >= 0.3 is 11.9 Å². The van der Waals surface area contributed by atoms with Crippen molar-refractivity contribution in [2.75, 3.05) is 20.3 Å². The number of ether oxygens (including phenoxy) is 3. The smallest absolute Gasteiger partial charge is 0.336 e. The van der Waals surface area contributed by atoms with E-state index in [1.165, 1.54) is 7.11 Å². The van der Waals surface area contributed by atoms with Crippen LogP contribution in [0.3, 0.4) is 0 Å². The van der Waals surface area contributed by atoms with Crippen molar-refractivity contribution >= 4 is 17.7 Å². The first kappa shape index (κ1) is 24.2. The van der Waals surface area contributed by atoms with Crippen molar-refractivity contribution in [3.8, 4) is 5.75 Å². The predicted molar refractivity (Wildman–Crippen MR) is 116 cm³/mol. The Balaban J connectivity index is 1.82. The Morgan fingerprint density at radius 2 is 1.58 bits per heavy atom. The van der Waals surface area contributed by atoms with Gasteiger partial charge in [0.05, 0.1) is 31.5 Å². The molecule has 168 valence electrons. The average Bonchev–Trinajstić information content (AvgIpc) is 2.73. The van der Waals surface area contributed by atoms with Gasteiger partial charge in [0.15, 0.2) is 5.78 Å². The summed E-state index contributed by atoms with van der Waals surface area (Å²) in [7, 11) is 1.31. The largest absolute Gasteiger partial charge is 0.493 e. The van der Waals surface area contributed by atoms with E-state index in [1.807, 2.05) is 6.92 Å². The number of nitrogens with one attached hydrogen (secondary N) is 1. The number of benzene rings is 1. The number of dihydropyridines is 1. The molecule has 2 rings (SSSR count). The summed E-state index contributed by atoms with van der Waals surface area (Å²) in [6, 6.07) is 7.05. The lowest BCUT2D eigenvalue weighted by Crippen LogP contribution is -2.32. The lowest BCUT2D eigenvalue weighted by molar-refractivity contribution is -0.140. The number of Topliss-reactive ketones (excluding diaryl/α,β-unsaturated/α-hetero) is 1. The van der Waals surface area contributed by atoms with Crippen LogP contribution >= 0.6 is 0 Å². The quantitative estimate of drug-likeness (QED) is 0.342. The molecule has 1 aromatic rings. The predicted octanol–water partition coefficient (Wildman–Crippen LogP) is 3.94. The molecule has 1 heterocycles. The van der Waals surface area contributed by atoms with Gasteiger partial charge in [-0.2, -0.15) is 0 Å². The van der Waals surface area contributed by atoms with Crippen LogP contribution in [0.4, 0.5) is 0 Å². The van der Waals surface area contributed by atoms with Gasteiger partial charge in [-0.3, -0.25) is 4.79 Å². The van der Waals surface area contributed by atoms with Crippen LogP contribution in [-0.2, 0) is 19.1 Å². The van der Waals surface area contributed by atoms with E-state index in [4.69, 9.17) is 14.2 Å². The third-order valence-electron chi connectivity index (χ3n) is 5.12. The zero-order valence-electron chi connectivity index (χ0n) is 18.9. The van der Waals surface area contributed by atoms with E-state index in [2.05, 4.69) is 5.32 Å². The number of ketones is 1. The molecule has 0 aliphatic carbocycles. The maximum atomic E-state index is 12.6. The van der Waals surface area contributed by atoms with Crippen LogP contribution in [0.2, 0.25) is 0 Å². The maximum absolute atomic E-state index is 12.6. The highest BCUT2D eigenvalue weighted by Gasteiger charge is 2.33. The lowest BCUT2D eigenvalue weighted by atomic mass is 9.87. The normalized spacial score (nSPS) is 16.0. The van der Waals surface area contributed by atoms with Gasteiger partial charge in [0, 0.05) is 35.7 Å². The number of methoxy groups -OCH3 is 1. The highest BCUT2D eigenvalue weighted by atomic mass is 16.5. The van der Waals surface area contributed by atoms with Gasteiger partial charge in [0.1, 0.15) is 5.75 Å². The van der Waals surface area contributed by atoms with Crippen molar-refractivity contribution in [1.29, 1.82) is 0 Å². The highest BCUT2D eigenvalue weighted by Crippen LogP contribution is 2.30. The molecule has 0 fully saturated rings. The summed E-state index contributed by atoms with van der Waals surface area (Å²) in [6.45, 7) is 7.87. The molecular formula is C24H31NO6. The molecule has 0 saturated heterocycles. The summed E-state index contributed by atoms with van der Waals surface area (Å²) >= 11 is 0. The van der Waals surface area contributed by atoms with Crippen LogP contribution in [0, 0.1) is 5.92 Å². The number of carbonyl (C=O) groups excluding carboxylic acids is 3. The minimum atomic E-state index is -0.467. The summed E-state index contributed by atoms with van der Waals surface area (Å²) in [5, 5.41) is 3.06. The molecule has 0 amide bonds. The third-order valence-corrected chi connectivity index (χ3v) is 5.12. The summed E-state index contributed by atoms with van der Waals surface area (Å²) in [6.07, 6.45) is 1.86. The van der Waals surface area contributed by atoms with Gasteiger partial charge in [-0.05, 0) is 44.5 Å². The van der Waals surface area contributed by atoms with E-state index < -0.39 is 17.9 Å². The fourth-order valence-electron chi connectivity index (χ4n) is 3.58. The molecule has 7 heteroatoms. The Kier molecular flexibility index (Phi) is 8.85. The molecule has 1 atom stereocenters. The Bertz CT molecular complexity index is 882. The van der Waals surface area contributed by atoms with Crippen molar-refractivity contribution in [1.82, 2.24) is 5.32 Å². The maximum Gasteiger partial charge on any atom is 0.336 e. The van der Waals surface area contributed by atoms with Crippen LogP contribution in [0.5, 0.6) is 5.75 Å². The molecule has 0 aromatic heterocycles. The molecule has 0 saturated carbocycles. The fourth-order valence-corrected chi connectivity index (χ4v) is 3.58. The van der Waals surface area contributed by atoms with E-state index in [9.17, 15) is 14.4 Å². The van der Waals surface area contributed by atoms with Crippen LogP contribution in [0.1, 0.15) is 57.3 Å². The molecule has 1 N–H and O–H groups in total. The van der Waals surface area contributed by atoms with Crippen LogP contribution < -0.4 is 10.1 Å². The van der Waals surface area contributed by atoms with Crippen molar-refractivity contribution in [3.63, 3.8) is 0 Å². The van der Waals surface area contributed by atoms with Gasteiger partial charge in [0.25, 0.3) is 0 Å². The number of rotatable bonds is 10. The lowest BCUT2D eigenvalue weighted by Gasteiger charge is -2.27. The van der Waals surface area contributed by atoms with Crippen molar-refractivity contribution in [3.05, 3.63) is 52.4 Å². The standard InChI is InChI=1S/C24H31NO6/c1-6-8-20(26)18-9-11-19(12-10-18)30-13-7-14-31-24(28)22-15(2)21(23(27)29-5)16(3)25-17(22)4/h9-12,15,25H,6-8,13-14H2,1-5H3. The first-order chi connectivity index (χ1) is 14.8. The number of carbonyl (C=O) groups is 3. The van der Waals surface area contributed by atoms with Crippen LogP contribution in [0.15, 0.2) is 46.8 Å². The Labute approximate surface area is 183 Å². The molecule has 7 nitrogen and oxygen atoms in total. The Morgan fingerprint density at radius 1 is 0.968 bits per heavy atom. The molecule has 0 spiro atoms. The fraction of sp³-hybridized carbons (Fsp3) is 0.458. The van der Waals surface area contributed by atoms with Gasteiger partial charge in [0.2, 0.25) is 0 Å². The molecular weight excluding hydrogens is 398 g/mol. The summed E-state index contributed by atoms with van der Waals surface area (Å²) in [5.41, 5.74) is 2.85. The van der Waals surface area contributed by atoms with E-state index in [0.29, 0.717) is 53.3 Å². The molecule has 1 aromatic carbocycles. The molecule has 0 bridgehead atoms. The summed E-state index contributed by atoms with van der Waals surface area (Å²) < 4.78 is 15.9. The second kappa shape index (κ2) is 11.3. The monoisotopic (exact) mass is 429 g/mol. The first-order valence-corrected chi connectivity index (χ1v) is 10.5. The van der Waals surface area contributed by atoms with Crippen LogP contribution in [0.25, 0.3) is 0 Å². The van der Waals surface area contributed by atoms with Crippen molar-refractivity contribution < 1.29 is 28.6 Å². The molecule has 0 radical (unpaired) electrons. The van der Waals surface area contributed by atoms with E-state index in [0.717, 1.165) is 6.42 Å². The van der Waals surface area contributed by atoms with Gasteiger partial charge < -0.3 is 19.5 Å². The third kappa shape index (κ3) is 6.20. The summed E-state index contributed by atoms with van der Waals surface area (Å²) in [5.74, 6) is -0.577. The summed E-state index contributed by atoms with van der Waals surface area (Å²) in [4.78, 5) is 36.5.